The van der Waals surface area contributed by atoms with Crippen molar-refractivity contribution in [1.82, 2.24) is 5.06 Å². The number of hydrogen-bond acceptors (Lipinski definition) is 3. The van der Waals surface area contributed by atoms with Gasteiger partial charge in [-0.1, -0.05) is 12.8 Å². The van der Waals surface area contributed by atoms with Crippen LogP contribution in [0.25, 0.3) is 0 Å². The Kier molecular flexibility index (Phi) is 2.15. The molecule has 1 saturated heterocycles. The van der Waals surface area contributed by atoms with Crippen LogP contribution in [-0.4, -0.2) is 29.4 Å². The fraction of sp³-hybridized carbons (Fsp3) is 0.889. The van der Waals surface area contributed by atoms with Gasteiger partial charge in [-0.3, -0.25) is 0 Å². The van der Waals surface area contributed by atoms with Crippen molar-refractivity contribution in [3.63, 3.8) is 0 Å². The SMILES string of the molecule is O=C(O)ON1CCC2(CCCC2)C1. The average molecular weight is 185 g/mol. The molecule has 1 N–H and O–H groups in total. The van der Waals surface area contributed by atoms with Crippen LogP contribution in [0.15, 0.2) is 0 Å². The molecule has 74 valence electrons. The molecule has 0 bridgehead atoms. The van der Waals surface area contributed by atoms with Gasteiger partial charge in [-0.2, -0.15) is 0 Å². The van der Waals surface area contributed by atoms with Crippen LogP contribution in [0.5, 0.6) is 0 Å². The summed E-state index contributed by atoms with van der Waals surface area (Å²) >= 11 is 0. The summed E-state index contributed by atoms with van der Waals surface area (Å²) in [5, 5.41) is 10.0. The highest BCUT2D eigenvalue weighted by atomic mass is 16.8. The van der Waals surface area contributed by atoms with E-state index in [2.05, 4.69) is 4.84 Å². The molecule has 0 radical (unpaired) electrons. The van der Waals surface area contributed by atoms with E-state index in [9.17, 15) is 4.79 Å². The molecule has 0 amide bonds. The molecule has 0 aromatic carbocycles. The second-order valence-electron chi connectivity index (χ2n) is 4.18. The van der Waals surface area contributed by atoms with Crippen molar-refractivity contribution in [2.45, 2.75) is 32.1 Å². The smallest absolute Gasteiger partial charge is 0.448 e. The summed E-state index contributed by atoms with van der Waals surface area (Å²) in [6.45, 7) is 1.58. The van der Waals surface area contributed by atoms with Gasteiger partial charge in [0.1, 0.15) is 0 Å². The van der Waals surface area contributed by atoms with Crippen LogP contribution in [0.1, 0.15) is 32.1 Å². The van der Waals surface area contributed by atoms with Crippen LogP contribution < -0.4 is 0 Å². The average Bonchev–Trinajstić information content (AvgIpc) is 2.63. The molecule has 1 spiro atoms. The van der Waals surface area contributed by atoms with Crippen LogP contribution in [0.4, 0.5) is 4.79 Å². The highest BCUT2D eigenvalue weighted by Gasteiger charge is 2.41. The minimum Gasteiger partial charge on any atom is -0.448 e. The first-order chi connectivity index (χ1) is 6.20. The molecule has 2 rings (SSSR count). The van der Waals surface area contributed by atoms with Gasteiger partial charge in [0.2, 0.25) is 0 Å². The molecule has 0 aromatic rings. The third kappa shape index (κ3) is 1.77. The zero-order chi connectivity index (χ0) is 9.31. The van der Waals surface area contributed by atoms with Crippen molar-refractivity contribution in [2.24, 2.45) is 5.41 Å². The summed E-state index contributed by atoms with van der Waals surface area (Å²) in [6, 6.07) is 0. The molecule has 13 heavy (non-hydrogen) atoms. The summed E-state index contributed by atoms with van der Waals surface area (Å²) in [5.74, 6) is 0. The van der Waals surface area contributed by atoms with Crippen LogP contribution in [0.3, 0.4) is 0 Å². The molecule has 4 nitrogen and oxygen atoms in total. The highest BCUT2D eigenvalue weighted by Crippen LogP contribution is 2.45. The van der Waals surface area contributed by atoms with Crippen LogP contribution in [0.2, 0.25) is 0 Å². The van der Waals surface area contributed by atoms with Crippen LogP contribution >= 0.6 is 0 Å². The van der Waals surface area contributed by atoms with Gasteiger partial charge in [0.15, 0.2) is 0 Å². The summed E-state index contributed by atoms with van der Waals surface area (Å²) in [4.78, 5) is 14.9. The zero-order valence-corrected chi connectivity index (χ0v) is 7.66. The van der Waals surface area contributed by atoms with Gasteiger partial charge in [0.25, 0.3) is 0 Å². The molecule has 2 fully saturated rings. The van der Waals surface area contributed by atoms with E-state index in [1.54, 1.807) is 5.06 Å². The number of nitrogens with zero attached hydrogens (tertiary/aromatic N) is 1. The molecular weight excluding hydrogens is 170 g/mol. The first-order valence-electron chi connectivity index (χ1n) is 4.86. The fourth-order valence-electron chi connectivity index (χ4n) is 2.62. The predicted octanol–water partition coefficient (Wildman–Crippen LogP) is 1.86. The van der Waals surface area contributed by atoms with Crippen molar-refractivity contribution in [1.29, 1.82) is 0 Å². The highest BCUT2D eigenvalue weighted by molar-refractivity contribution is 5.56. The molecule has 1 aliphatic carbocycles. The monoisotopic (exact) mass is 185 g/mol. The predicted molar refractivity (Wildman–Crippen MR) is 46.2 cm³/mol. The Hall–Kier alpha value is -0.770. The normalized spacial score (nSPS) is 26.8. The molecule has 4 heteroatoms. The Morgan fingerprint density at radius 2 is 2.00 bits per heavy atom. The lowest BCUT2D eigenvalue weighted by Gasteiger charge is -2.21. The topological polar surface area (TPSA) is 49.8 Å². The molecule has 0 unspecified atom stereocenters. The molecule has 0 atom stereocenters. The van der Waals surface area contributed by atoms with E-state index in [-0.39, 0.29) is 0 Å². The maximum atomic E-state index is 10.3. The van der Waals surface area contributed by atoms with E-state index in [4.69, 9.17) is 5.11 Å². The molecular formula is C9H15NO3. The molecule has 1 heterocycles. The van der Waals surface area contributed by atoms with Crippen LogP contribution in [0, 0.1) is 5.41 Å². The quantitative estimate of drug-likeness (QED) is 0.677. The minimum absolute atomic E-state index is 0.384. The lowest BCUT2D eigenvalue weighted by atomic mass is 9.86. The van der Waals surface area contributed by atoms with E-state index in [1.807, 2.05) is 0 Å². The van der Waals surface area contributed by atoms with E-state index >= 15 is 0 Å². The number of carbonyl (C=O) groups is 1. The maximum Gasteiger partial charge on any atom is 0.525 e. The molecule has 2 aliphatic rings. The summed E-state index contributed by atoms with van der Waals surface area (Å²) in [6.07, 6.45) is 4.98. The first-order valence-corrected chi connectivity index (χ1v) is 4.86. The van der Waals surface area contributed by atoms with Crippen molar-refractivity contribution in [2.75, 3.05) is 13.1 Å². The lowest BCUT2D eigenvalue weighted by molar-refractivity contribution is -0.109. The Morgan fingerprint density at radius 1 is 1.31 bits per heavy atom. The van der Waals surface area contributed by atoms with Crippen molar-refractivity contribution in [3.8, 4) is 0 Å². The van der Waals surface area contributed by atoms with Gasteiger partial charge in [0.05, 0.1) is 0 Å². The summed E-state index contributed by atoms with van der Waals surface area (Å²) < 4.78 is 0. The maximum absolute atomic E-state index is 10.3. The number of hydrogen-bond donors (Lipinski definition) is 1. The van der Waals surface area contributed by atoms with Gasteiger partial charge >= 0.3 is 6.16 Å². The van der Waals surface area contributed by atoms with E-state index in [1.165, 1.54) is 25.7 Å². The standard InChI is InChI=1S/C9H15NO3/c11-8(12)13-10-6-5-9(7-10)3-1-2-4-9/h1-7H2,(H,11,12). The first kappa shape index (κ1) is 8.81. The van der Waals surface area contributed by atoms with Crippen molar-refractivity contribution >= 4 is 6.16 Å². The third-order valence-electron chi connectivity index (χ3n) is 3.27. The van der Waals surface area contributed by atoms with E-state index in [0.717, 1.165) is 19.5 Å². The number of hydroxylamine groups is 2. The Bertz CT molecular complexity index is 211. The Balaban J connectivity index is 1.89. The van der Waals surface area contributed by atoms with E-state index < -0.39 is 6.16 Å². The number of carboxylic acid groups (broad SMARTS) is 1. The van der Waals surface area contributed by atoms with Gasteiger partial charge in [-0.05, 0) is 24.7 Å². The third-order valence-corrected chi connectivity index (χ3v) is 3.27. The molecule has 1 aliphatic heterocycles. The van der Waals surface area contributed by atoms with Gasteiger partial charge in [0, 0.05) is 13.1 Å². The second kappa shape index (κ2) is 3.18. The van der Waals surface area contributed by atoms with Gasteiger partial charge in [-0.15, -0.1) is 5.06 Å². The van der Waals surface area contributed by atoms with Gasteiger partial charge in [-0.25, -0.2) is 4.79 Å². The fourth-order valence-corrected chi connectivity index (χ4v) is 2.62. The number of rotatable bonds is 1. The lowest BCUT2D eigenvalue weighted by Crippen LogP contribution is -2.27. The zero-order valence-electron chi connectivity index (χ0n) is 7.66. The minimum atomic E-state index is -1.19. The second-order valence-corrected chi connectivity index (χ2v) is 4.18. The van der Waals surface area contributed by atoms with Crippen molar-refractivity contribution < 1.29 is 14.7 Å². The molecule has 1 saturated carbocycles. The Morgan fingerprint density at radius 3 is 2.62 bits per heavy atom. The van der Waals surface area contributed by atoms with Crippen LogP contribution in [-0.2, 0) is 4.84 Å². The summed E-state index contributed by atoms with van der Waals surface area (Å²) in [7, 11) is 0. The summed E-state index contributed by atoms with van der Waals surface area (Å²) in [5.41, 5.74) is 0.384. The Labute approximate surface area is 77.4 Å². The van der Waals surface area contributed by atoms with Crippen molar-refractivity contribution in [3.05, 3.63) is 0 Å². The van der Waals surface area contributed by atoms with Gasteiger partial charge < -0.3 is 9.94 Å². The van der Waals surface area contributed by atoms with E-state index in [0.29, 0.717) is 5.41 Å². The largest absolute Gasteiger partial charge is 0.525 e. The molecule has 0 aromatic heterocycles.